The van der Waals surface area contributed by atoms with Crippen LogP contribution in [0.5, 0.6) is 0 Å². The van der Waals surface area contributed by atoms with Crippen LogP contribution in [0.4, 0.5) is 0 Å². The van der Waals surface area contributed by atoms with E-state index in [9.17, 15) is 5.26 Å². The minimum atomic E-state index is 0.725. The Kier molecular flexibility index (Phi) is 3.88. The Bertz CT molecular complexity index is 967. The first-order valence-corrected chi connectivity index (χ1v) is 9.30. The summed E-state index contributed by atoms with van der Waals surface area (Å²) in [5.74, 6) is 0.972. The number of rotatable bonds is 2. The van der Waals surface area contributed by atoms with Crippen molar-refractivity contribution in [3.05, 3.63) is 64.6 Å². The molecule has 2 nitrogen and oxygen atoms in total. The van der Waals surface area contributed by atoms with Crippen LogP contribution >= 0.6 is 23.4 Å². The molecule has 0 N–H and O–H groups in total. The van der Waals surface area contributed by atoms with E-state index >= 15 is 0 Å². The number of halogens is 1. The van der Waals surface area contributed by atoms with E-state index in [1.165, 1.54) is 11.1 Å². The number of benzene rings is 2. The molecule has 3 aromatic rings. The number of hydrogen-bond donors (Lipinski definition) is 0. The van der Waals surface area contributed by atoms with Gasteiger partial charge in [-0.25, -0.2) is 0 Å². The van der Waals surface area contributed by atoms with Crippen LogP contribution < -0.4 is 0 Å². The van der Waals surface area contributed by atoms with Gasteiger partial charge in [-0.3, -0.25) is 0 Å². The van der Waals surface area contributed by atoms with Gasteiger partial charge in [-0.15, -0.1) is 11.8 Å². The maximum Gasteiger partial charge on any atom is 0.111 e. The Morgan fingerprint density at radius 2 is 1.92 bits per heavy atom. The van der Waals surface area contributed by atoms with Crippen molar-refractivity contribution in [3.63, 3.8) is 0 Å². The van der Waals surface area contributed by atoms with Gasteiger partial charge in [0.2, 0.25) is 0 Å². The molecule has 1 heterocycles. The lowest BCUT2D eigenvalue weighted by atomic mass is 9.82. The topological polar surface area (TPSA) is 36.9 Å². The normalized spacial score (nSPS) is 12.4. The van der Waals surface area contributed by atoms with Gasteiger partial charge >= 0.3 is 0 Å². The summed E-state index contributed by atoms with van der Waals surface area (Å²) >= 11 is 7.64. The molecule has 0 spiro atoms. The van der Waals surface area contributed by atoms with Crippen molar-refractivity contribution in [3.8, 4) is 28.3 Å². The van der Waals surface area contributed by atoms with Crippen molar-refractivity contribution in [1.82, 2.24) is 0 Å². The van der Waals surface area contributed by atoms with E-state index in [0.29, 0.717) is 0 Å². The molecule has 0 amide bonds. The summed E-state index contributed by atoms with van der Waals surface area (Å²) < 4.78 is 5.61. The van der Waals surface area contributed by atoms with Gasteiger partial charge in [-0.2, -0.15) is 5.26 Å². The molecule has 4 rings (SSSR count). The van der Waals surface area contributed by atoms with Gasteiger partial charge in [-0.1, -0.05) is 23.7 Å². The Hall–Kier alpha value is -2.15. The number of aryl methyl sites for hydroxylation is 1. The maximum absolute atomic E-state index is 9.76. The third-order valence-electron chi connectivity index (χ3n) is 4.50. The summed E-state index contributed by atoms with van der Waals surface area (Å²) in [4.78, 5) is 0.996. The van der Waals surface area contributed by atoms with Crippen LogP contribution in [-0.4, -0.2) is 6.26 Å². The van der Waals surface area contributed by atoms with Crippen molar-refractivity contribution < 1.29 is 4.42 Å². The maximum atomic E-state index is 9.76. The summed E-state index contributed by atoms with van der Waals surface area (Å²) in [6, 6.07) is 14.4. The van der Waals surface area contributed by atoms with Crippen LogP contribution in [0.2, 0.25) is 5.02 Å². The molecule has 1 aliphatic carbocycles. The SMILES string of the molecule is CSc1cc(-c2ccc(Cl)cc2)c2c(c1C#N)-c1ccoc1CC2. The van der Waals surface area contributed by atoms with E-state index in [-0.39, 0.29) is 0 Å². The molecule has 0 fully saturated rings. The van der Waals surface area contributed by atoms with Gasteiger partial charge in [0.05, 0.1) is 11.8 Å². The minimum absolute atomic E-state index is 0.725. The molecular weight excluding hydrogens is 338 g/mol. The van der Waals surface area contributed by atoms with E-state index in [2.05, 4.69) is 12.1 Å². The highest BCUT2D eigenvalue weighted by molar-refractivity contribution is 7.98. The molecule has 4 heteroatoms. The molecule has 0 radical (unpaired) electrons. The second kappa shape index (κ2) is 6.05. The zero-order valence-electron chi connectivity index (χ0n) is 13.1. The molecule has 0 saturated carbocycles. The van der Waals surface area contributed by atoms with Crippen LogP contribution in [-0.2, 0) is 12.8 Å². The molecular formula is C20H14ClNOS. The largest absolute Gasteiger partial charge is 0.469 e. The van der Waals surface area contributed by atoms with Crippen LogP contribution in [0.1, 0.15) is 16.9 Å². The summed E-state index contributed by atoms with van der Waals surface area (Å²) in [5.41, 5.74) is 6.36. The molecule has 2 aromatic carbocycles. The molecule has 0 atom stereocenters. The van der Waals surface area contributed by atoms with Crippen LogP contribution in [0, 0.1) is 11.3 Å². The third kappa shape index (κ3) is 2.34. The Morgan fingerprint density at radius 3 is 2.62 bits per heavy atom. The van der Waals surface area contributed by atoms with Gasteiger partial charge in [0, 0.05) is 27.5 Å². The standard InChI is InChI=1S/C20H14ClNOS/c1-24-19-10-16(12-2-4-13(21)5-3-12)14-6-7-18-15(8-9-23-18)20(14)17(19)11-22/h2-5,8-10H,6-7H2,1H3. The Labute approximate surface area is 150 Å². The van der Waals surface area contributed by atoms with E-state index < -0.39 is 0 Å². The van der Waals surface area contributed by atoms with Crippen molar-refractivity contribution in [2.24, 2.45) is 0 Å². The summed E-state index contributed by atoms with van der Waals surface area (Å²) in [7, 11) is 0. The lowest BCUT2D eigenvalue weighted by Crippen LogP contribution is -2.07. The zero-order chi connectivity index (χ0) is 16.7. The predicted molar refractivity (Wildman–Crippen MR) is 98.5 cm³/mol. The van der Waals surface area contributed by atoms with Gasteiger partial charge in [0.15, 0.2) is 0 Å². The first-order chi connectivity index (χ1) is 11.7. The zero-order valence-corrected chi connectivity index (χ0v) is 14.7. The summed E-state index contributed by atoms with van der Waals surface area (Å²) in [6.07, 6.45) is 5.46. The molecule has 24 heavy (non-hydrogen) atoms. The molecule has 0 bridgehead atoms. The molecule has 0 saturated heterocycles. The number of hydrogen-bond acceptors (Lipinski definition) is 3. The lowest BCUT2D eigenvalue weighted by molar-refractivity contribution is 0.507. The van der Waals surface area contributed by atoms with Gasteiger partial charge in [-0.05, 0) is 53.6 Å². The van der Waals surface area contributed by atoms with E-state index in [1.807, 2.05) is 36.6 Å². The first-order valence-electron chi connectivity index (χ1n) is 7.69. The fourth-order valence-electron chi connectivity index (χ4n) is 3.41. The quantitative estimate of drug-likeness (QED) is 0.534. The number of furan rings is 1. The second-order valence-electron chi connectivity index (χ2n) is 5.73. The Morgan fingerprint density at radius 1 is 1.12 bits per heavy atom. The number of nitrogens with zero attached hydrogens (tertiary/aromatic N) is 1. The molecule has 1 aliphatic rings. The van der Waals surface area contributed by atoms with Crippen molar-refractivity contribution >= 4 is 23.4 Å². The molecule has 0 aliphatic heterocycles. The average molecular weight is 352 g/mol. The van der Waals surface area contributed by atoms with Gasteiger partial charge in [0.25, 0.3) is 0 Å². The molecule has 1 aromatic heterocycles. The van der Waals surface area contributed by atoms with Crippen molar-refractivity contribution in [1.29, 1.82) is 5.26 Å². The summed E-state index contributed by atoms with van der Waals surface area (Å²) in [6.45, 7) is 0. The number of thioether (sulfide) groups is 1. The minimum Gasteiger partial charge on any atom is -0.469 e. The fourth-order valence-corrected chi connectivity index (χ4v) is 4.12. The average Bonchev–Trinajstić information content (AvgIpc) is 3.09. The van der Waals surface area contributed by atoms with E-state index in [0.717, 1.165) is 50.8 Å². The monoisotopic (exact) mass is 351 g/mol. The van der Waals surface area contributed by atoms with E-state index in [1.54, 1.807) is 18.0 Å². The Balaban J connectivity index is 2.06. The highest BCUT2D eigenvalue weighted by Gasteiger charge is 2.26. The van der Waals surface area contributed by atoms with Crippen LogP contribution in [0.15, 0.2) is 52.0 Å². The lowest BCUT2D eigenvalue weighted by Gasteiger charge is -2.22. The number of fused-ring (bicyclic) bond motifs is 3. The number of nitriles is 1. The van der Waals surface area contributed by atoms with E-state index in [4.69, 9.17) is 16.0 Å². The van der Waals surface area contributed by atoms with Crippen LogP contribution in [0.25, 0.3) is 22.3 Å². The smallest absolute Gasteiger partial charge is 0.111 e. The van der Waals surface area contributed by atoms with Crippen molar-refractivity contribution in [2.45, 2.75) is 17.7 Å². The third-order valence-corrected chi connectivity index (χ3v) is 5.52. The highest BCUT2D eigenvalue weighted by atomic mass is 35.5. The highest BCUT2D eigenvalue weighted by Crippen LogP contribution is 2.44. The predicted octanol–water partition coefficient (Wildman–Crippen LogP) is 5.96. The fraction of sp³-hybridized carbons (Fsp3) is 0.150. The van der Waals surface area contributed by atoms with Crippen molar-refractivity contribution in [2.75, 3.05) is 6.26 Å². The van der Waals surface area contributed by atoms with Crippen LogP contribution in [0.3, 0.4) is 0 Å². The molecule has 0 unspecified atom stereocenters. The van der Waals surface area contributed by atoms with Gasteiger partial charge < -0.3 is 4.42 Å². The second-order valence-corrected chi connectivity index (χ2v) is 7.02. The molecule has 118 valence electrons. The van der Waals surface area contributed by atoms with Gasteiger partial charge in [0.1, 0.15) is 11.8 Å². The first kappa shape index (κ1) is 15.4. The summed E-state index contributed by atoms with van der Waals surface area (Å²) in [5, 5.41) is 10.5.